The van der Waals surface area contributed by atoms with Crippen molar-refractivity contribution in [2.24, 2.45) is 5.92 Å². The first-order valence-electron chi connectivity index (χ1n) is 15.3. The number of ether oxygens (including phenoxy) is 8. The Hall–Kier alpha value is -3.87. The number of benzene rings is 3. The third kappa shape index (κ3) is 4.89. The number of carbonyl (C=O) groups excluding carboxylic acids is 1. The lowest BCUT2D eigenvalue weighted by Gasteiger charge is -2.40. The number of carbonyl (C=O) groups is 1. The minimum absolute atomic E-state index is 0.172. The van der Waals surface area contributed by atoms with Gasteiger partial charge in [-0.2, -0.15) is 0 Å². The normalized spacial score (nSPS) is 31.4. The molecule has 46 heavy (non-hydrogen) atoms. The summed E-state index contributed by atoms with van der Waals surface area (Å²) >= 11 is 0. The molecule has 1 saturated carbocycles. The minimum atomic E-state index is -2.19. The van der Waals surface area contributed by atoms with E-state index in [0.29, 0.717) is 29.2 Å². The Morgan fingerprint density at radius 3 is 2.33 bits per heavy atom. The van der Waals surface area contributed by atoms with Crippen LogP contribution in [0.4, 0.5) is 0 Å². The van der Waals surface area contributed by atoms with E-state index < -0.39 is 47.7 Å². The van der Waals surface area contributed by atoms with Gasteiger partial charge in [-0.3, -0.25) is 4.79 Å². The van der Waals surface area contributed by atoms with Crippen LogP contribution in [0, 0.1) is 5.92 Å². The zero-order valence-electron chi connectivity index (χ0n) is 26.5. The molecule has 1 unspecified atom stereocenters. The first kappa shape index (κ1) is 32.1. The summed E-state index contributed by atoms with van der Waals surface area (Å²) in [5, 5.41) is 25.2. The predicted octanol–water partition coefficient (Wildman–Crippen LogP) is 4.02. The second-order valence-corrected chi connectivity index (χ2v) is 11.7. The summed E-state index contributed by atoms with van der Waals surface area (Å²) in [5.74, 6) is -1.55. The highest BCUT2D eigenvalue weighted by Gasteiger charge is 2.78. The van der Waals surface area contributed by atoms with Crippen molar-refractivity contribution in [3.63, 3.8) is 0 Å². The third-order valence-corrected chi connectivity index (χ3v) is 9.28. The summed E-state index contributed by atoms with van der Waals surface area (Å²) in [4.78, 5) is 13.5. The Bertz CT molecular complexity index is 1530. The summed E-state index contributed by atoms with van der Waals surface area (Å²) in [7, 11) is 5.76. The van der Waals surface area contributed by atoms with Crippen molar-refractivity contribution in [1.82, 2.24) is 0 Å². The molecule has 0 bridgehead atoms. The molecule has 0 aromatic heterocycles. The highest BCUT2D eigenvalue weighted by Crippen LogP contribution is 2.70. The van der Waals surface area contributed by atoms with E-state index in [0.717, 1.165) is 12.8 Å². The minimum Gasteiger partial charge on any atom is -0.497 e. The molecule has 3 aromatic carbocycles. The fourth-order valence-electron chi connectivity index (χ4n) is 7.30. The van der Waals surface area contributed by atoms with Crippen LogP contribution in [0.2, 0.25) is 0 Å². The van der Waals surface area contributed by atoms with Gasteiger partial charge in [-0.1, -0.05) is 55.8 Å². The van der Waals surface area contributed by atoms with Gasteiger partial charge in [0.1, 0.15) is 29.1 Å². The second-order valence-electron chi connectivity index (χ2n) is 11.7. The molecule has 11 heteroatoms. The van der Waals surface area contributed by atoms with Crippen LogP contribution in [0.5, 0.6) is 23.0 Å². The Balaban J connectivity index is 1.53. The van der Waals surface area contributed by atoms with Gasteiger partial charge in [0.2, 0.25) is 6.29 Å². The Labute approximate surface area is 267 Å². The van der Waals surface area contributed by atoms with Gasteiger partial charge in [0.25, 0.3) is 6.29 Å². The van der Waals surface area contributed by atoms with Gasteiger partial charge >= 0.3 is 5.97 Å². The quantitative estimate of drug-likeness (QED) is 0.313. The van der Waals surface area contributed by atoms with Gasteiger partial charge in [-0.15, -0.1) is 0 Å². The van der Waals surface area contributed by atoms with Crippen LogP contribution in [0.25, 0.3) is 0 Å². The molecule has 0 amide bonds. The molecular weight excluding hydrogens is 596 g/mol. The number of aliphatic hydroxyl groups is 2. The third-order valence-electron chi connectivity index (χ3n) is 9.28. The number of hydrogen-bond acceptors (Lipinski definition) is 11. The van der Waals surface area contributed by atoms with Gasteiger partial charge in [0.15, 0.2) is 11.2 Å². The average Bonchev–Trinajstić information content (AvgIpc) is 3.46. The molecule has 8 atom stereocenters. The zero-order chi connectivity index (χ0) is 32.6. The van der Waals surface area contributed by atoms with Crippen molar-refractivity contribution < 1.29 is 52.9 Å². The SMILES string of the molecule is CCC[C@H]1CO[C@@H](OC)C(Oc2cc(OC)c3c(c2)O[C@@]2(c4ccc(OC)cc4)[C@H](c4ccccc4)[C@@H](C(=O)OC)[C@@H](O)[C@@]32O)O1. The Kier molecular flexibility index (Phi) is 8.88. The van der Waals surface area contributed by atoms with Crippen LogP contribution in [0.3, 0.4) is 0 Å². The van der Waals surface area contributed by atoms with Crippen LogP contribution in [0.1, 0.15) is 42.4 Å². The summed E-state index contributed by atoms with van der Waals surface area (Å²) < 4.78 is 47.1. The summed E-state index contributed by atoms with van der Waals surface area (Å²) in [6, 6.07) is 19.4. The number of methoxy groups -OCH3 is 4. The monoisotopic (exact) mass is 636 g/mol. The molecule has 3 aromatic rings. The molecule has 246 valence electrons. The molecule has 1 saturated heterocycles. The van der Waals surface area contributed by atoms with Crippen molar-refractivity contribution in [2.75, 3.05) is 35.0 Å². The molecule has 11 nitrogen and oxygen atoms in total. The molecule has 1 aliphatic carbocycles. The first-order valence-corrected chi connectivity index (χ1v) is 15.3. The molecule has 0 radical (unpaired) electrons. The second kappa shape index (κ2) is 12.7. The number of hydrogen-bond donors (Lipinski definition) is 2. The molecule has 2 aliphatic heterocycles. The van der Waals surface area contributed by atoms with Gasteiger partial charge in [-0.25, -0.2) is 0 Å². The average molecular weight is 637 g/mol. The van der Waals surface area contributed by atoms with Crippen molar-refractivity contribution in [2.45, 2.75) is 61.7 Å². The Morgan fingerprint density at radius 2 is 1.70 bits per heavy atom. The summed E-state index contributed by atoms with van der Waals surface area (Å²) in [6.45, 7) is 2.44. The molecule has 2 fully saturated rings. The van der Waals surface area contributed by atoms with E-state index in [4.69, 9.17) is 37.9 Å². The van der Waals surface area contributed by atoms with E-state index in [2.05, 4.69) is 6.92 Å². The number of esters is 1. The molecule has 0 spiro atoms. The Morgan fingerprint density at radius 1 is 0.957 bits per heavy atom. The van der Waals surface area contributed by atoms with Crippen molar-refractivity contribution in [3.05, 3.63) is 83.4 Å². The van der Waals surface area contributed by atoms with E-state index in [1.807, 2.05) is 30.3 Å². The standard InChI is InChI=1S/C35H40O11/c1-6-10-23-19-43-32(42-5)33(44-23)45-24-17-25(40-3)29-26(18-24)46-35(21-13-15-22(39-2)16-14-21)28(20-11-8-7-9-12-20)27(31(37)41-4)30(36)34(29,35)38/h7-9,11-18,23,27-28,30,32-33,36,38H,6,10,19H2,1-5H3/t23-,27+,28+,30+,32+,33?,34-,35-/m0/s1. The molecular formula is C35H40O11. The lowest BCUT2D eigenvalue weighted by molar-refractivity contribution is -0.313. The topological polar surface area (TPSA) is 131 Å². The lowest BCUT2D eigenvalue weighted by atomic mass is 9.70. The van der Waals surface area contributed by atoms with E-state index in [-0.39, 0.29) is 23.2 Å². The number of rotatable bonds is 10. The van der Waals surface area contributed by atoms with Crippen molar-refractivity contribution in [1.29, 1.82) is 0 Å². The smallest absolute Gasteiger partial charge is 0.312 e. The van der Waals surface area contributed by atoms with Crippen molar-refractivity contribution in [3.8, 4) is 23.0 Å². The van der Waals surface area contributed by atoms with E-state index >= 15 is 0 Å². The summed E-state index contributed by atoms with van der Waals surface area (Å²) in [6.07, 6.45) is -1.84. The van der Waals surface area contributed by atoms with Crippen LogP contribution < -0.4 is 18.9 Å². The largest absolute Gasteiger partial charge is 0.497 e. The highest BCUT2D eigenvalue weighted by atomic mass is 16.8. The van der Waals surface area contributed by atoms with Crippen LogP contribution in [-0.2, 0) is 34.9 Å². The lowest BCUT2D eigenvalue weighted by Crippen LogP contribution is -2.52. The van der Waals surface area contributed by atoms with Gasteiger partial charge in [0, 0.05) is 25.2 Å². The maximum Gasteiger partial charge on any atom is 0.312 e. The van der Waals surface area contributed by atoms with Crippen LogP contribution >= 0.6 is 0 Å². The van der Waals surface area contributed by atoms with Crippen molar-refractivity contribution >= 4 is 5.97 Å². The summed E-state index contributed by atoms with van der Waals surface area (Å²) in [5.41, 5.74) is -2.58. The van der Waals surface area contributed by atoms with Gasteiger partial charge < -0.3 is 48.1 Å². The number of fused-ring (bicyclic) bond motifs is 3. The number of aliphatic hydroxyl groups excluding tert-OH is 1. The maximum atomic E-state index is 13.5. The van der Waals surface area contributed by atoms with E-state index in [1.54, 1.807) is 43.5 Å². The predicted molar refractivity (Wildman–Crippen MR) is 164 cm³/mol. The molecule has 2 N–H and O–H groups in total. The molecule has 6 rings (SSSR count). The van der Waals surface area contributed by atoms with E-state index in [9.17, 15) is 15.0 Å². The van der Waals surface area contributed by atoms with Crippen LogP contribution in [0.15, 0.2) is 66.7 Å². The molecule has 3 aliphatic rings. The van der Waals surface area contributed by atoms with Gasteiger partial charge in [-0.05, 0) is 29.7 Å². The maximum absolute atomic E-state index is 13.5. The van der Waals surface area contributed by atoms with E-state index in [1.165, 1.54) is 21.3 Å². The fraction of sp³-hybridized carbons (Fsp3) is 0.457. The first-order chi connectivity index (χ1) is 22.3. The fourth-order valence-corrected chi connectivity index (χ4v) is 7.30. The van der Waals surface area contributed by atoms with Crippen LogP contribution in [-0.4, -0.2) is 76.0 Å². The highest BCUT2D eigenvalue weighted by molar-refractivity contribution is 5.78. The zero-order valence-corrected chi connectivity index (χ0v) is 26.5. The van der Waals surface area contributed by atoms with Gasteiger partial charge in [0.05, 0.1) is 45.5 Å². The molecule has 2 heterocycles.